The van der Waals surface area contributed by atoms with Crippen LogP contribution in [0.3, 0.4) is 0 Å². The second-order valence-electron chi connectivity index (χ2n) is 10.4. The molecule has 0 radical (unpaired) electrons. The topological polar surface area (TPSA) is 126 Å². The van der Waals surface area contributed by atoms with Gasteiger partial charge in [0.2, 0.25) is 5.13 Å². The zero-order valence-electron chi connectivity index (χ0n) is 23.7. The Morgan fingerprint density at radius 3 is 2.00 bits per heavy atom. The van der Waals surface area contributed by atoms with E-state index in [9.17, 15) is 32.7 Å². The Bertz CT molecular complexity index is 2140. The molecule has 0 aliphatic rings. The minimum absolute atomic E-state index is 0.0479. The van der Waals surface area contributed by atoms with Crippen LogP contribution in [0.1, 0.15) is 49.9 Å². The molecule has 3 N–H and O–H groups in total. The number of carboxylic acids is 1. The number of hydrogen-bond acceptors (Lipinski definition) is 5. The lowest BCUT2D eigenvalue weighted by atomic mass is 9.85. The van der Waals surface area contributed by atoms with Gasteiger partial charge in [-0.15, -0.1) is 11.3 Å². The summed E-state index contributed by atoms with van der Waals surface area (Å²) in [5.41, 5.74) is 1.88. The van der Waals surface area contributed by atoms with Gasteiger partial charge in [-0.05, 0) is 55.8 Å². The molecule has 0 bridgehead atoms. The third-order valence-corrected chi connectivity index (χ3v) is 8.33. The fourth-order valence-electron chi connectivity index (χ4n) is 5.32. The highest BCUT2D eigenvalue weighted by molar-refractivity contribution is 7.12. The van der Waals surface area contributed by atoms with Gasteiger partial charge in [-0.3, -0.25) is 19.8 Å². The third-order valence-electron chi connectivity index (χ3n) is 7.51. The molecule has 6 rings (SSSR count). The maximum atomic E-state index is 14.1. The fourth-order valence-corrected chi connectivity index (χ4v) is 6.11. The number of hydrogen-bond donors (Lipinski definition) is 3. The lowest BCUT2D eigenvalue weighted by molar-refractivity contribution is -0.137. The van der Waals surface area contributed by atoms with E-state index in [0.717, 1.165) is 23.5 Å². The van der Waals surface area contributed by atoms with Gasteiger partial charge >= 0.3 is 12.1 Å². The van der Waals surface area contributed by atoms with Crippen LogP contribution < -0.4 is 11.1 Å². The van der Waals surface area contributed by atoms with Crippen molar-refractivity contribution >= 4 is 17.3 Å². The Morgan fingerprint density at radius 2 is 1.42 bits per heavy atom. The highest BCUT2D eigenvalue weighted by Gasteiger charge is 2.32. The number of benzene rings is 3. The van der Waals surface area contributed by atoms with Crippen molar-refractivity contribution in [2.45, 2.75) is 25.9 Å². The van der Waals surface area contributed by atoms with Crippen LogP contribution >= 0.6 is 11.3 Å². The number of carbonyl (C=O) groups is 1. The first-order valence-corrected chi connectivity index (χ1v) is 14.5. The number of nitrogens with one attached hydrogen (secondary N) is 2. The second kappa shape index (κ2) is 11.2. The van der Waals surface area contributed by atoms with Crippen molar-refractivity contribution < 1.29 is 23.1 Å². The first-order chi connectivity index (χ1) is 21.4. The van der Waals surface area contributed by atoms with E-state index in [1.165, 1.54) is 33.6 Å². The number of aromatic carboxylic acids is 1. The minimum atomic E-state index is -4.47. The normalized spacial score (nSPS) is 12.4. The zero-order valence-corrected chi connectivity index (χ0v) is 24.5. The number of para-hydroxylation sites is 1. The van der Waals surface area contributed by atoms with Gasteiger partial charge in [-0.25, -0.2) is 14.5 Å². The van der Waals surface area contributed by atoms with Crippen LogP contribution in [0.2, 0.25) is 0 Å². The van der Waals surface area contributed by atoms with Crippen molar-refractivity contribution in [3.05, 3.63) is 144 Å². The summed E-state index contributed by atoms with van der Waals surface area (Å²) in [4.78, 5) is 44.1. The fraction of sp³-hybridized carbons (Fsp3) is 0.125. The number of thiazole rings is 1. The number of halogens is 3. The van der Waals surface area contributed by atoms with E-state index >= 15 is 0 Å². The van der Waals surface area contributed by atoms with Crippen LogP contribution in [0.5, 0.6) is 0 Å². The van der Waals surface area contributed by atoms with E-state index in [0.29, 0.717) is 39.5 Å². The summed E-state index contributed by atoms with van der Waals surface area (Å²) < 4.78 is 41.7. The van der Waals surface area contributed by atoms with E-state index in [2.05, 4.69) is 15.2 Å². The molecule has 0 saturated heterocycles. The highest BCUT2D eigenvalue weighted by atomic mass is 32.1. The van der Waals surface area contributed by atoms with Gasteiger partial charge in [0.05, 0.1) is 33.6 Å². The molecule has 0 aliphatic heterocycles. The van der Waals surface area contributed by atoms with Gasteiger partial charge in [0.1, 0.15) is 0 Å². The van der Waals surface area contributed by atoms with E-state index in [-0.39, 0.29) is 21.8 Å². The van der Waals surface area contributed by atoms with Crippen LogP contribution in [0.15, 0.2) is 93.8 Å². The summed E-state index contributed by atoms with van der Waals surface area (Å²) in [5, 5.41) is 17.5. The molecule has 6 aromatic rings. The lowest BCUT2D eigenvalue weighted by Crippen LogP contribution is -2.25. The first kappa shape index (κ1) is 29.6. The maximum absolute atomic E-state index is 14.1. The summed E-state index contributed by atoms with van der Waals surface area (Å²) in [6, 6.07) is 19.5. The number of aromatic amines is 2. The molecule has 228 valence electrons. The average molecular weight is 632 g/mol. The molecule has 0 fully saturated rings. The number of carboxylic acid groups (broad SMARTS) is 1. The van der Waals surface area contributed by atoms with Crippen molar-refractivity contribution in [3.8, 4) is 22.1 Å². The zero-order chi connectivity index (χ0) is 32.0. The van der Waals surface area contributed by atoms with Crippen LogP contribution in [0.4, 0.5) is 13.2 Å². The monoisotopic (exact) mass is 631 g/mol. The van der Waals surface area contributed by atoms with Crippen molar-refractivity contribution in [3.63, 3.8) is 0 Å². The van der Waals surface area contributed by atoms with Gasteiger partial charge in [0.25, 0.3) is 11.1 Å². The molecule has 9 nitrogen and oxygen atoms in total. The summed E-state index contributed by atoms with van der Waals surface area (Å²) in [6.07, 6.45) is -4.47. The molecule has 0 spiro atoms. The Morgan fingerprint density at radius 1 is 0.844 bits per heavy atom. The number of aryl methyl sites for hydroxylation is 2. The van der Waals surface area contributed by atoms with Crippen LogP contribution in [0, 0.1) is 13.8 Å². The summed E-state index contributed by atoms with van der Waals surface area (Å²) in [6.45, 7) is 3.42. The largest absolute Gasteiger partial charge is 0.478 e. The molecule has 3 aromatic heterocycles. The molecule has 0 saturated carbocycles. The molecule has 1 atom stereocenters. The minimum Gasteiger partial charge on any atom is -0.478 e. The molecule has 45 heavy (non-hydrogen) atoms. The van der Waals surface area contributed by atoms with Crippen molar-refractivity contribution in [1.82, 2.24) is 24.5 Å². The number of aromatic nitrogens is 5. The molecule has 0 amide bonds. The predicted octanol–water partition coefficient (Wildman–Crippen LogP) is 6.28. The first-order valence-electron chi connectivity index (χ1n) is 13.6. The van der Waals surface area contributed by atoms with Crippen LogP contribution in [-0.2, 0) is 6.18 Å². The quantitative estimate of drug-likeness (QED) is 0.191. The molecular weight excluding hydrogens is 607 g/mol. The Labute approximate surface area is 256 Å². The summed E-state index contributed by atoms with van der Waals surface area (Å²) >= 11 is 1.12. The SMILES string of the molecule is Cc1[nH]n(-c2ccccc2)c(=O)c1C(c1ccc(C(=O)O)cc1)c1c(C)[nH]n(-c2nc(-c3ccc(C(F)(F)F)cc3)cs2)c1=O. The van der Waals surface area contributed by atoms with Crippen LogP contribution in [-0.4, -0.2) is 35.6 Å². The van der Waals surface area contributed by atoms with Gasteiger partial charge in [0.15, 0.2) is 0 Å². The molecular formula is C32H24F3N5O4S. The van der Waals surface area contributed by atoms with Crippen molar-refractivity contribution in [1.29, 1.82) is 0 Å². The van der Waals surface area contributed by atoms with Gasteiger partial charge in [-0.1, -0.05) is 42.5 Å². The molecule has 3 heterocycles. The van der Waals surface area contributed by atoms with E-state index in [1.807, 2.05) is 6.07 Å². The number of alkyl halides is 3. The predicted molar refractivity (Wildman–Crippen MR) is 163 cm³/mol. The summed E-state index contributed by atoms with van der Waals surface area (Å²) in [7, 11) is 0. The lowest BCUT2D eigenvalue weighted by Gasteiger charge is -2.16. The Hall–Kier alpha value is -5.43. The number of rotatable bonds is 7. The molecule has 1 unspecified atom stereocenters. The van der Waals surface area contributed by atoms with E-state index < -0.39 is 29.2 Å². The number of H-pyrrole nitrogens is 2. The standard InChI is InChI=1S/C32H24F3N5O4S/c1-17-25(28(41)39(37-17)23-6-4-3-5-7-23)27(20-8-10-21(11-9-20)30(43)44)26-18(2)38-40(29(26)42)31-36-24(16-45-31)19-12-14-22(15-13-19)32(33,34)35/h3-16,27,37-38H,1-2H3,(H,43,44). The second-order valence-corrected chi connectivity index (χ2v) is 11.2. The molecule has 0 aliphatic carbocycles. The van der Waals surface area contributed by atoms with Gasteiger partial charge in [0, 0.05) is 28.2 Å². The van der Waals surface area contributed by atoms with E-state index in [1.54, 1.807) is 55.6 Å². The Kier molecular flexibility index (Phi) is 7.41. The summed E-state index contributed by atoms with van der Waals surface area (Å²) in [5.74, 6) is -2.00. The smallest absolute Gasteiger partial charge is 0.416 e. The van der Waals surface area contributed by atoms with Gasteiger partial charge in [-0.2, -0.15) is 17.9 Å². The van der Waals surface area contributed by atoms with Crippen molar-refractivity contribution in [2.75, 3.05) is 0 Å². The highest BCUT2D eigenvalue weighted by Crippen LogP contribution is 2.34. The number of nitrogens with zero attached hydrogens (tertiary/aromatic N) is 3. The Balaban J connectivity index is 1.47. The van der Waals surface area contributed by atoms with E-state index in [4.69, 9.17) is 0 Å². The van der Waals surface area contributed by atoms with Gasteiger partial charge < -0.3 is 5.11 Å². The maximum Gasteiger partial charge on any atom is 0.416 e. The average Bonchev–Trinajstić information content (AvgIpc) is 3.70. The molecule has 3 aromatic carbocycles. The third kappa shape index (κ3) is 5.42. The van der Waals surface area contributed by atoms with Crippen LogP contribution in [0.25, 0.3) is 22.1 Å². The van der Waals surface area contributed by atoms with Crippen molar-refractivity contribution in [2.24, 2.45) is 0 Å². The molecule has 13 heteroatoms.